The first-order valence-electron chi connectivity index (χ1n) is 8.65. The first-order valence-corrected chi connectivity index (χ1v) is 10.1. The van der Waals surface area contributed by atoms with Crippen LogP contribution in [0.5, 0.6) is 0 Å². The van der Waals surface area contributed by atoms with Gasteiger partial charge < -0.3 is 4.74 Å². The predicted octanol–water partition coefficient (Wildman–Crippen LogP) is 5.11. The molecule has 2 amide bonds. The van der Waals surface area contributed by atoms with Gasteiger partial charge in [0.25, 0.3) is 5.91 Å². The minimum absolute atomic E-state index is 0.187. The number of rotatable bonds is 3. The Morgan fingerprint density at radius 2 is 1.71 bits per heavy atom. The number of pyridine rings is 1. The molecule has 3 rings (SSSR count). The van der Waals surface area contributed by atoms with Crippen molar-refractivity contribution < 1.29 is 22.7 Å². The van der Waals surface area contributed by atoms with E-state index < -0.39 is 23.6 Å². The number of carbonyl (C=O) groups excluding carboxylic acids is 2. The van der Waals surface area contributed by atoms with E-state index >= 15 is 0 Å². The van der Waals surface area contributed by atoms with Gasteiger partial charge in [-0.1, -0.05) is 35.3 Å². The van der Waals surface area contributed by atoms with Crippen LogP contribution in [0.3, 0.4) is 0 Å². The third kappa shape index (κ3) is 5.97. The maximum absolute atomic E-state index is 13.1. The fraction of sp³-hybridized carbons (Fsp3) is 0.0952. The molecule has 0 saturated carbocycles. The van der Waals surface area contributed by atoms with Crippen molar-refractivity contribution in [3.63, 3.8) is 0 Å². The molecule has 1 aromatic heterocycles. The first-order chi connectivity index (χ1) is 14.8. The van der Waals surface area contributed by atoms with Gasteiger partial charge in [0.15, 0.2) is 0 Å². The van der Waals surface area contributed by atoms with Crippen molar-refractivity contribution in [1.29, 1.82) is 0 Å². The third-order valence-corrected chi connectivity index (χ3v) is 4.71. The summed E-state index contributed by atoms with van der Waals surface area (Å²) in [4.78, 5) is 30.7. The van der Waals surface area contributed by atoms with E-state index in [2.05, 4.69) is 4.98 Å². The number of amides is 2. The van der Waals surface area contributed by atoms with Crippen LogP contribution in [0.2, 0.25) is 10.0 Å². The van der Waals surface area contributed by atoms with Crippen molar-refractivity contribution in [2.24, 2.45) is 0 Å². The molecule has 0 spiro atoms. The normalized spacial score (nSPS) is 9.81. The zero-order valence-corrected chi connectivity index (χ0v) is 18.7. The van der Waals surface area contributed by atoms with Gasteiger partial charge in [0.2, 0.25) is 0 Å². The summed E-state index contributed by atoms with van der Waals surface area (Å²) in [6.45, 7) is 1.86. The number of ether oxygens (including phenoxy) is 1. The second-order valence-corrected chi connectivity index (χ2v) is 6.99. The molecule has 0 bridgehead atoms. The molecule has 2 aromatic carbocycles. The van der Waals surface area contributed by atoms with Gasteiger partial charge in [0, 0.05) is 11.8 Å². The predicted molar refractivity (Wildman–Crippen MR) is 119 cm³/mol. The van der Waals surface area contributed by atoms with E-state index in [1.165, 1.54) is 7.11 Å². The molecule has 0 unspecified atom stereocenters. The molecular weight excluding hydrogens is 463 g/mol. The Labute approximate surface area is 192 Å². The van der Waals surface area contributed by atoms with E-state index in [-0.39, 0.29) is 10.6 Å². The second-order valence-electron chi connectivity index (χ2n) is 6.04. The summed E-state index contributed by atoms with van der Waals surface area (Å²) in [5.74, 6) is -0.605. The minimum atomic E-state index is -0.837. The van der Waals surface area contributed by atoms with Crippen LogP contribution < -0.4 is 4.90 Å². The van der Waals surface area contributed by atoms with Gasteiger partial charge in [-0.05, 0) is 55.0 Å². The largest absolute Gasteiger partial charge is 0.452 e. The average Bonchev–Trinajstić information content (AvgIpc) is 2.76. The lowest BCUT2D eigenvalue weighted by molar-refractivity contribution is 0.0976. The van der Waals surface area contributed by atoms with Crippen LogP contribution in [-0.4, -0.2) is 32.5 Å². The van der Waals surface area contributed by atoms with Crippen LogP contribution in [0.4, 0.5) is 10.5 Å². The van der Waals surface area contributed by atoms with Crippen molar-refractivity contribution in [2.45, 2.75) is 6.92 Å². The van der Waals surface area contributed by atoms with Gasteiger partial charge in [-0.3, -0.25) is 9.78 Å². The molecule has 7 nitrogen and oxygen atoms in total. The highest BCUT2D eigenvalue weighted by Crippen LogP contribution is 2.32. The monoisotopic (exact) mass is 478 g/mol. The van der Waals surface area contributed by atoms with Crippen molar-refractivity contribution in [3.05, 3.63) is 82.0 Å². The van der Waals surface area contributed by atoms with Crippen LogP contribution in [0, 0.1) is 6.92 Å². The molecule has 0 atom stereocenters. The Morgan fingerprint density at radius 3 is 2.29 bits per heavy atom. The Bertz CT molecular complexity index is 1140. The highest BCUT2D eigenvalue weighted by atomic mass is 35.5. The molecule has 0 fully saturated rings. The topological polar surface area (TPSA) is 93.6 Å². The molecule has 0 aliphatic carbocycles. The molecule has 31 heavy (non-hydrogen) atoms. The van der Waals surface area contributed by atoms with E-state index in [0.717, 1.165) is 10.5 Å². The van der Waals surface area contributed by atoms with Crippen molar-refractivity contribution in [2.75, 3.05) is 12.0 Å². The SMILES string of the molecule is COC(=O)N(C(=O)c1ccc(C)cc1Cl)c1ccc(Cl)c(-c2ccccn2)c1.O=S=O. The molecule has 160 valence electrons. The molecule has 0 N–H and O–H groups in total. The second kappa shape index (κ2) is 11.4. The average molecular weight is 479 g/mol. The summed E-state index contributed by atoms with van der Waals surface area (Å²) < 4.78 is 21.4. The Hall–Kier alpha value is -3.07. The molecule has 0 aliphatic rings. The quantitative estimate of drug-likeness (QED) is 0.519. The van der Waals surface area contributed by atoms with Gasteiger partial charge >= 0.3 is 17.7 Å². The number of nitrogens with zero attached hydrogens (tertiary/aromatic N) is 2. The lowest BCUT2D eigenvalue weighted by Gasteiger charge is -2.21. The van der Waals surface area contributed by atoms with Crippen molar-refractivity contribution in [1.82, 2.24) is 4.98 Å². The van der Waals surface area contributed by atoms with Gasteiger partial charge in [-0.2, -0.15) is 8.42 Å². The van der Waals surface area contributed by atoms with Crippen LogP contribution in [0.15, 0.2) is 60.8 Å². The zero-order valence-electron chi connectivity index (χ0n) is 16.4. The number of hydrogen-bond donors (Lipinski definition) is 0. The highest BCUT2D eigenvalue weighted by molar-refractivity contribution is 7.51. The highest BCUT2D eigenvalue weighted by Gasteiger charge is 2.28. The molecule has 10 heteroatoms. The Morgan fingerprint density at radius 1 is 1.00 bits per heavy atom. The number of anilines is 1. The fourth-order valence-electron chi connectivity index (χ4n) is 2.68. The molecular formula is C21H16Cl2N2O5S. The number of carbonyl (C=O) groups is 2. The molecule has 0 radical (unpaired) electrons. The van der Waals surface area contributed by atoms with Gasteiger partial charge in [0.05, 0.1) is 34.1 Å². The number of hydrogen-bond acceptors (Lipinski definition) is 6. The van der Waals surface area contributed by atoms with E-state index in [1.807, 2.05) is 13.0 Å². The molecule has 0 aliphatic heterocycles. The zero-order chi connectivity index (χ0) is 23.0. The van der Waals surface area contributed by atoms with E-state index in [4.69, 9.17) is 36.4 Å². The number of methoxy groups -OCH3 is 1. The van der Waals surface area contributed by atoms with Crippen LogP contribution in [-0.2, 0) is 16.3 Å². The molecule has 3 aromatic rings. The van der Waals surface area contributed by atoms with Gasteiger partial charge in [-0.15, -0.1) is 0 Å². The number of aromatic nitrogens is 1. The van der Waals surface area contributed by atoms with Crippen LogP contribution in [0.1, 0.15) is 15.9 Å². The molecule has 1 heterocycles. The summed E-state index contributed by atoms with van der Waals surface area (Å²) in [6.07, 6.45) is 0.795. The standard InChI is InChI=1S/C21H16Cl2N2O3.O2S/c1-13-6-8-15(18(23)11-13)20(26)25(21(27)28-2)14-7-9-17(22)16(12-14)19-5-3-4-10-24-19;1-3-2/h3-12H,1-2H3;. The summed E-state index contributed by atoms with van der Waals surface area (Å²) in [5.41, 5.74) is 2.57. The number of halogens is 2. The summed E-state index contributed by atoms with van der Waals surface area (Å²) in [5, 5.41) is 0.686. The Balaban J connectivity index is 0.00000107. The smallest absolute Gasteiger partial charge is 0.421 e. The number of benzene rings is 2. The minimum Gasteiger partial charge on any atom is -0.452 e. The van der Waals surface area contributed by atoms with Crippen molar-refractivity contribution >= 4 is 52.5 Å². The van der Waals surface area contributed by atoms with Gasteiger partial charge in [-0.25, -0.2) is 9.69 Å². The maximum atomic E-state index is 13.1. The lowest BCUT2D eigenvalue weighted by Crippen LogP contribution is -2.37. The Kier molecular flexibility index (Phi) is 8.87. The summed E-state index contributed by atoms with van der Waals surface area (Å²) >= 11 is 11.8. The van der Waals surface area contributed by atoms with Crippen molar-refractivity contribution in [3.8, 4) is 11.3 Å². The molecule has 0 saturated heterocycles. The lowest BCUT2D eigenvalue weighted by atomic mass is 10.1. The number of imide groups is 1. The van der Waals surface area contributed by atoms with E-state index in [0.29, 0.717) is 22.0 Å². The first kappa shape index (κ1) is 24.2. The summed E-state index contributed by atoms with van der Waals surface area (Å²) in [6, 6.07) is 15.1. The van der Waals surface area contributed by atoms with E-state index in [1.54, 1.807) is 54.7 Å². The van der Waals surface area contributed by atoms with Crippen LogP contribution in [0.25, 0.3) is 11.3 Å². The van der Waals surface area contributed by atoms with E-state index in [9.17, 15) is 9.59 Å². The van der Waals surface area contributed by atoms with Crippen LogP contribution >= 0.6 is 23.2 Å². The fourth-order valence-corrected chi connectivity index (χ4v) is 3.21. The van der Waals surface area contributed by atoms with Gasteiger partial charge in [0.1, 0.15) is 0 Å². The number of aryl methyl sites for hydroxylation is 1. The maximum Gasteiger partial charge on any atom is 0.421 e. The third-order valence-electron chi connectivity index (χ3n) is 4.06. The summed E-state index contributed by atoms with van der Waals surface area (Å²) in [7, 11) is 1.20.